The van der Waals surface area contributed by atoms with Crippen LogP contribution in [-0.4, -0.2) is 0 Å². The number of unbranched alkanes of at least 4 members (excludes halogenated alkanes) is 2. The van der Waals surface area contributed by atoms with Gasteiger partial charge in [0.05, 0.1) is 11.6 Å². The minimum Gasteiger partial charge on any atom is -0.192 e. The van der Waals surface area contributed by atoms with Crippen LogP contribution >= 0.6 is 0 Å². The molecule has 0 spiro atoms. The Morgan fingerprint density at radius 3 is 2.62 bits per heavy atom. The van der Waals surface area contributed by atoms with E-state index >= 15 is 0 Å². The monoisotopic (exact) mass is 459 g/mol. The average Bonchev–Trinajstić information content (AvgIpc) is 3.21. The molecule has 4 aliphatic rings. The molecule has 1 heteroatoms. The summed E-state index contributed by atoms with van der Waals surface area (Å²) in [6.45, 7) is 7.53. The first-order valence-electron chi connectivity index (χ1n) is 15.0. The fourth-order valence-electron chi connectivity index (χ4n) is 10.2. The van der Waals surface area contributed by atoms with Gasteiger partial charge in [-0.2, -0.15) is 5.26 Å². The van der Waals surface area contributed by atoms with Crippen molar-refractivity contribution in [1.29, 1.82) is 5.26 Å². The SMILES string of the molecule is CCCCC[C@H]1CC[C@H]2[C@H](CC[C@@H]3[C@@H]2CC[C@]2(C)[C@@H]([C@@H](C)Cc4ccccc4C#N)CC[C@@H]32)C1. The Hall–Kier alpha value is -1.29. The van der Waals surface area contributed by atoms with E-state index < -0.39 is 0 Å². The van der Waals surface area contributed by atoms with Gasteiger partial charge in [-0.1, -0.05) is 71.1 Å². The van der Waals surface area contributed by atoms with E-state index in [0.29, 0.717) is 11.3 Å². The summed E-state index contributed by atoms with van der Waals surface area (Å²) >= 11 is 0. The van der Waals surface area contributed by atoms with Gasteiger partial charge >= 0.3 is 0 Å². The summed E-state index contributed by atoms with van der Waals surface area (Å²) < 4.78 is 0. The van der Waals surface area contributed by atoms with Crippen LogP contribution in [0.3, 0.4) is 0 Å². The Kier molecular flexibility index (Phi) is 7.44. The van der Waals surface area contributed by atoms with Gasteiger partial charge in [0.1, 0.15) is 0 Å². The zero-order valence-electron chi connectivity index (χ0n) is 22.3. The first-order valence-corrected chi connectivity index (χ1v) is 15.0. The van der Waals surface area contributed by atoms with Crippen molar-refractivity contribution in [1.82, 2.24) is 0 Å². The molecule has 1 nitrogen and oxygen atoms in total. The maximum absolute atomic E-state index is 9.58. The van der Waals surface area contributed by atoms with E-state index in [4.69, 9.17) is 0 Å². The molecule has 0 amide bonds. The van der Waals surface area contributed by atoms with Gasteiger partial charge < -0.3 is 0 Å². The zero-order chi connectivity index (χ0) is 23.7. The predicted molar refractivity (Wildman–Crippen MR) is 142 cm³/mol. The van der Waals surface area contributed by atoms with E-state index in [0.717, 1.165) is 53.4 Å². The van der Waals surface area contributed by atoms with Crippen molar-refractivity contribution in [2.45, 2.75) is 111 Å². The molecule has 4 fully saturated rings. The number of hydrogen-bond acceptors (Lipinski definition) is 1. The summed E-state index contributed by atoms with van der Waals surface area (Å²) in [6.07, 6.45) is 20.5. The molecule has 0 heterocycles. The largest absolute Gasteiger partial charge is 0.192 e. The minimum absolute atomic E-state index is 0.534. The fourth-order valence-corrected chi connectivity index (χ4v) is 10.2. The number of nitriles is 1. The van der Waals surface area contributed by atoms with Crippen molar-refractivity contribution in [3.05, 3.63) is 35.4 Å². The molecule has 186 valence electrons. The number of nitrogens with zero attached hydrogens (tertiary/aromatic N) is 1. The van der Waals surface area contributed by atoms with Gasteiger partial charge in [-0.15, -0.1) is 0 Å². The van der Waals surface area contributed by atoms with Crippen LogP contribution in [-0.2, 0) is 6.42 Å². The molecule has 0 aliphatic heterocycles. The van der Waals surface area contributed by atoms with Gasteiger partial charge in [-0.3, -0.25) is 0 Å². The lowest BCUT2D eigenvalue weighted by Crippen LogP contribution is -2.49. The van der Waals surface area contributed by atoms with Crippen molar-refractivity contribution in [3.63, 3.8) is 0 Å². The minimum atomic E-state index is 0.534. The normalized spacial score (nSPS) is 40.0. The van der Waals surface area contributed by atoms with Crippen LogP contribution in [0.4, 0.5) is 0 Å². The Morgan fingerprint density at radius 2 is 1.79 bits per heavy atom. The third kappa shape index (κ3) is 4.49. The first kappa shape index (κ1) is 24.4. The Balaban J connectivity index is 1.24. The number of fused-ring (bicyclic) bond motifs is 5. The fraction of sp³-hybridized carbons (Fsp3) is 0.788. The molecule has 9 atom stereocenters. The third-order valence-electron chi connectivity index (χ3n) is 11.7. The molecule has 1 aromatic carbocycles. The molecule has 4 aliphatic carbocycles. The van der Waals surface area contributed by atoms with Crippen LogP contribution in [0.1, 0.15) is 115 Å². The van der Waals surface area contributed by atoms with Crippen molar-refractivity contribution >= 4 is 0 Å². The second-order valence-electron chi connectivity index (χ2n) is 13.3. The highest BCUT2D eigenvalue weighted by atomic mass is 14.6. The lowest BCUT2D eigenvalue weighted by Gasteiger charge is -2.57. The van der Waals surface area contributed by atoms with Crippen LogP contribution in [0.5, 0.6) is 0 Å². The van der Waals surface area contributed by atoms with E-state index in [1.54, 1.807) is 19.3 Å². The molecule has 34 heavy (non-hydrogen) atoms. The number of hydrogen-bond donors (Lipinski definition) is 0. The Labute approximate surface area is 210 Å². The molecule has 0 aromatic heterocycles. The Bertz CT molecular complexity index is 866. The van der Waals surface area contributed by atoms with Crippen LogP contribution in [0.25, 0.3) is 0 Å². The van der Waals surface area contributed by atoms with Crippen LogP contribution in [0.15, 0.2) is 24.3 Å². The molecule has 0 bridgehead atoms. The van der Waals surface area contributed by atoms with E-state index in [1.165, 1.54) is 69.8 Å². The zero-order valence-corrected chi connectivity index (χ0v) is 22.3. The summed E-state index contributed by atoms with van der Waals surface area (Å²) in [7, 11) is 0. The quantitative estimate of drug-likeness (QED) is 0.373. The Morgan fingerprint density at radius 1 is 0.971 bits per heavy atom. The topological polar surface area (TPSA) is 23.8 Å². The predicted octanol–water partition coefficient (Wildman–Crippen LogP) is 9.20. The maximum Gasteiger partial charge on any atom is 0.0994 e. The van der Waals surface area contributed by atoms with Crippen molar-refractivity contribution in [2.24, 2.45) is 52.8 Å². The highest BCUT2D eigenvalue weighted by molar-refractivity contribution is 5.37. The molecule has 0 saturated heterocycles. The van der Waals surface area contributed by atoms with Gasteiger partial charge in [0.25, 0.3) is 0 Å². The van der Waals surface area contributed by atoms with Gasteiger partial charge in [-0.25, -0.2) is 0 Å². The molecular weight excluding hydrogens is 410 g/mol. The van der Waals surface area contributed by atoms with Gasteiger partial charge in [0, 0.05) is 0 Å². The highest BCUT2D eigenvalue weighted by Crippen LogP contribution is 2.65. The molecule has 4 saturated carbocycles. The maximum atomic E-state index is 9.58. The average molecular weight is 460 g/mol. The lowest BCUT2D eigenvalue weighted by molar-refractivity contribution is -0.0741. The van der Waals surface area contributed by atoms with Crippen molar-refractivity contribution in [2.75, 3.05) is 0 Å². The van der Waals surface area contributed by atoms with Gasteiger partial charge in [-0.05, 0) is 122 Å². The van der Waals surface area contributed by atoms with Crippen molar-refractivity contribution < 1.29 is 0 Å². The van der Waals surface area contributed by atoms with E-state index in [1.807, 2.05) is 12.1 Å². The van der Waals surface area contributed by atoms with E-state index in [2.05, 4.69) is 39.0 Å². The smallest absolute Gasteiger partial charge is 0.0994 e. The second-order valence-corrected chi connectivity index (χ2v) is 13.3. The van der Waals surface area contributed by atoms with Crippen LogP contribution in [0.2, 0.25) is 0 Å². The highest BCUT2D eigenvalue weighted by Gasteiger charge is 2.57. The standard InChI is InChI=1S/C33H49N/c1-4-5-6-9-24-12-14-28-26(21-24)13-15-30-29(28)18-19-33(3)31(16-17-32(30)33)23(2)20-25-10-7-8-11-27(25)22-34/h7-8,10-11,23-24,26,28-32H,4-6,9,12-21H2,1-3H3/t23-,24-,26+,28-,29+,30+,31+,32-,33+/m0/s1. The molecular formula is C33H49N. The molecule has 0 N–H and O–H groups in total. The summed E-state index contributed by atoms with van der Waals surface area (Å²) in [4.78, 5) is 0. The van der Waals surface area contributed by atoms with E-state index in [-0.39, 0.29) is 0 Å². The van der Waals surface area contributed by atoms with Crippen molar-refractivity contribution in [3.8, 4) is 6.07 Å². The summed E-state index contributed by atoms with van der Waals surface area (Å²) in [6, 6.07) is 10.8. The number of benzene rings is 1. The van der Waals surface area contributed by atoms with Gasteiger partial charge in [0.15, 0.2) is 0 Å². The third-order valence-corrected chi connectivity index (χ3v) is 11.7. The molecule has 5 rings (SSSR count). The lowest BCUT2D eigenvalue weighted by atomic mass is 9.48. The molecule has 0 radical (unpaired) electrons. The van der Waals surface area contributed by atoms with Crippen LogP contribution in [0, 0.1) is 64.1 Å². The molecule has 1 aromatic rings. The summed E-state index contributed by atoms with van der Waals surface area (Å²) in [5.74, 6) is 7.70. The first-order chi connectivity index (χ1) is 16.5. The van der Waals surface area contributed by atoms with Crippen LogP contribution < -0.4 is 0 Å². The summed E-state index contributed by atoms with van der Waals surface area (Å²) in [5, 5.41) is 9.58. The summed E-state index contributed by atoms with van der Waals surface area (Å²) in [5.41, 5.74) is 2.70. The number of rotatable bonds is 7. The second kappa shape index (κ2) is 10.4. The van der Waals surface area contributed by atoms with Gasteiger partial charge in [0.2, 0.25) is 0 Å². The van der Waals surface area contributed by atoms with E-state index in [9.17, 15) is 5.26 Å². The molecule has 0 unspecified atom stereocenters.